The van der Waals surface area contributed by atoms with Gasteiger partial charge in [-0.25, -0.2) is 4.98 Å². The van der Waals surface area contributed by atoms with Gasteiger partial charge in [0, 0.05) is 23.4 Å². The first-order valence-electron chi connectivity index (χ1n) is 8.65. The summed E-state index contributed by atoms with van der Waals surface area (Å²) in [5, 5.41) is 13.8. The molecule has 0 unspecified atom stereocenters. The molecule has 1 aromatic heterocycles. The van der Waals surface area contributed by atoms with Crippen molar-refractivity contribution >= 4 is 28.4 Å². The van der Waals surface area contributed by atoms with Crippen LogP contribution in [0.5, 0.6) is 5.75 Å². The Bertz CT molecular complexity index is 1210. The molecular weight excluding hydrogens is 374 g/mol. The maximum Gasteiger partial charge on any atom is 0.282 e. The number of amides is 1. The van der Waals surface area contributed by atoms with Crippen molar-refractivity contribution in [2.45, 2.75) is 0 Å². The summed E-state index contributed by atoms with van der Waals surface area (Å²) in [5.74, 6) is 0.564. The van der Waals surface area contributed by atoms with E-state index in [1.165, 1.54) is 18.2 Å². The first kappa shape index (κ1) is 18.2. The van der Waals surface area contributed by atoms with Crippen molar-refractivity contribution < 1.29 is 18.9 Å². The molecule has 0 radical (unpaired) electrons. The highest BCUT2D eigenvalue weighted by atomic mass is 16.6. The molecule has 0 saturated carbocycles. The Kier molecular flexibility index (Phi) is 4.66. The second kappa shape index (κ2) is 7.43. The van der Waals surface area contributed by atoms with E-state index < -0.39 is 10.8 Å². The Labute approximate surface area is 164 Å². The molecule has 0 saturated heterocycles. The second-order valence-corrected chi connectivity index (χ2v) is 6.16. The van der Waals surface area contributed by atoms with Crippen molar-refractivity contribution in [2.24, 2.45) is 0 Å². The summed E-state index contributed by atoms with van der Waals surface area (Å²) in [6, 6.07) is 18.0. The maximum atomic E-state index is 12.4. The van der Waals surface area contributed by atoms with E-state index in [2.05, 4.69) is 10.3 Å². The minimum absolute atomic E-state index is 0.00512. The van der Waals surface area contributed by atoms with Gasteiger partial charge in [0.1, 0.15) is 16.8 Å². The Hall–Kier alpha value is -4.20. The van der Waals surface area contributed by atoms with E-state index >= 15 is 0 Å². The molecule has 4 aromatic rings. The quantitative estimate of drug-likeness (QED) is 0.393. The van der Waals surface area contributed by atoms with Gasteiger partial charge in [-0.2, -0.15) is 0 Å². The number of nitrogens with one attached hydrogen (secondary N) is 1. The zero-order valence-corrected chi connectivity index (χ0v) is 15.3. The van der Waals surface area contributed by atoms with E-state index in [9.17, 15) is 14.9 Å². The van der Waals surface area contributed by atoms with Crippen LogP contribution in [0.3, 0.4) is 0 Å². The van der Waals surface area contributed by atoms with Crippen molar-refractivity contribution in [3.63, 3.8) is 0 Å². The fourth-order valence-electron chi connectivity index (χ4n) is 2.88. The van der Waals surface area contributed by atoms with Crippen LogP contribution in [0, 0.1) is 10.1 Å². The third kappa shape index (κ3) is 3.63. The Morgan fingerprint density at radius 3 is 2.59 bits per heavy atom. The Morgan fingerprint density at radius 1 is 1.10 bits per heavy atom. The van der Waals surface area contributed by atoms with Crippen molar-refractivity contribution in [2.75, 3.05) is 12.4 Å². The monoisotopic (exact) mass is 389 g/mol. The van der Waals surface area contributed by atoms with Crippen LogP contribution >= 0.6 is 0 Å². The Balaban J connectivity index is 1.55. The molecule has 4 rings (SSSR count). The highest BCUT2D eigenvalue weighted by Gasteiger charge is 2.19. The molecular formula is C21H15N3O5. The number of oxazole rings is 1. The van der Waals surface area contributed by atoms with E-state index in [4.69, 9.17) is 9.15 Å². The van der Waals surface area contributed by atoms with Crippen LogP contribution in [-0.2, 0) is 0 Å². The molecule has 0 bridgehead atoms. The second-order valence-electron chi connectivity index (χ2n) is 6.16. The number of para-hydroxylation sites is 1. The number of ether oxygens (including phenoxy) is 1. The van der Waals surface area contributed by atoms with Crippen LogP contribution in [0.15, 0.2) is 71.1 Å². The molecule has 0 aliphatic rings. The number of nitro groups is 1. The smallest absolute Gasteiger partial charge is 0.282 e. The first-order chi connectivity index (χ1) is 14.0. The Morgan fingerprint density at radius 2 is 1.86 bits per heavy atom. The lowest BCUT2D eigenvalue weighted by Gasteiger charge is -2.06. The van der Waals surface area contributed by atoms with E-state index in [-0.39, 0.29) is 11.3 Å². The van der Waals surface area contributed by atoms with Gasteiger partial charge >= 0.3 is 0 Å². The third-order valence-electron chi connectivity index (χ3n) is 4.33. The number of benzene rings is 3. The summed E-state index contributed by atoms with van der Waals surface area (Å²) in [6.07, 6.45) is 0. The number of nitro benzene ring substituents is 1. The highest BCUT2D eigenvalue weighted by Crippen LogP contribution is 2.28. The van der Waals surface area contributed by atoms with E-state index in [1.807, 2.05) is 0 Å². The summed E-state index contributed by atoms with van der Waals surface area (Å²) >= 11 is 0. The number of rotatable bonds is 5. The maximum absolute atomic E-state index is 12.4. The lowest BCUT2D eigenvalue weighted by atomic mass is 10.1. The lowest BCUT2D eigenvalue weighted by Crippen LogP contribution is -2.13. The fraction of sp³-hybridized carbons (Fsp3) is 0.0476. The number of hydrogen-bond acceptors (Lipinski definition) is 6. The van der Waals surface area contributed by atoms with Crippen molar-refractivity contribution in [1.29, 1.82) is 0 Å². The molecule has 29 heavy (non-hydrogen) atoms. The number of fused-ring (bicyclic) bond motifs is 1. The SMILES string of the molecule is COc1ccc2oc(-c3ccc(NC(=O)c4ccccc4[N+](=O)[O-])cc3)nc2c1. The van der Waals surface area contributed by atoms with Gasteiger partial charge in [0.25, 0.3) is 11.6 Å². The number of hydrogen-bond donors (Lipinski definition) is 1. The molecule has 1 amide bonds. The first-order valence-corrected chi connectivity index (χ1v) is 8.65. The fourth-order valence-corrected chi connectivity index (χ4v) is 2.88. The van der Waals surface area contributed by atoms with Crippen molar-refractivity contribution in [3.8, 4) is 17.2 Å². The summed E-state index contributed by atoms with van der Waals surface area (Å²) in [6.45, 7) is 0. The molecule has 1 heterocycles. The van der Waals surface area contributed by atoms with Crippen LogP contribution in [0.4, 0.5) is 11.4 Å². The van der Waals surface area contributed by atoms with Gasteiger partial charge in [-0.3, -0.25) is 14.9 Å². The molecule has 0 aliphatic carbocycles. The van der Waals surface area contributed by atoms with Crippen LogP contribution in [0.25, 0.3) is 22.6 Å². The average Bonchev–Trinajstić information content (AvgIpc) is 3.17. The van der Waals surface area contributed by atoms with Crippen molar-refractivity contribution in [3.05, 3.63) is 82.4 Å². The normalized spacial score (nSPS) is 10.7. The molecule has 0 spiro atoms. The van der Waals surface area contributed by atoms with Crippen LogP contribution in [0.1, 0.15) is 10.4 Å². The predicted octanol–water partition coefficient (Wildman–Crippen LogP) is 4.66. The third-order valence-corrected chi connectivity index (χ3v) is 4.33. The van der Waals surface area contributed by atoms with Gasteiger partial charge in [0.05, 0.1) is 12.0 Å². The number of methoxy groups -OCH3 is 1. The molecule has 8 heteroatoms. The number of nitrogens with zero attached hydrogens (tertiary/aromatic N) is 2. The molecule has 144 valence electrons. The molecule has 0 atom stereocenters. The minimum Gasteiger partial charge on any atom is -0.497 e. The number of anilines is 1. The standard InChI is InChI=1S/C21H15N3O5/c1-28-15-10-11-19-17(12-15)23-21(29-19)13-6-8-14(9-7-13)22-20(25)16-4-2-3-5-18(16)24(26)27/h2-12H,1H3,(H,22,25). The zero-order chi connectivity index (χ0) is 20.4. The van der Waals surface area contributed by atoms with Gasteiger partial charge < -0.3 is 14.5 Å². The van der Waals surface area contributed by atoms with Gasteiger partial charge in [0.15, 0.2) is 5.58 Å². The van der Waals surface area contributed by atoms with Gasteiger partial charge in [-0.15, -0.1) is 0 Å². The van der Waals surface area contributed by atoms with Gasteiger partial charge in [-0.05, 0) is 42.5 Å². The predicted molar refractivity (Wildman–Crippen MR) is 107 cm³/mol. The number of carbonyl (C=O) groups is 1. The van der Waals surface area contributed by atoms with E-state index in [1.54, 1.807) is 55.6 Å². The van der Waals surface area contributed by atoms with Crippen LogP contribution < -0.4 is 10.1 Å². The largest absolute Gasteiger partial charge is 0.497 e. The highest BCUT2D eigenvalue weighted by molar-refractivity contribution is 6.07. The topological polar surface area (TPSA) is 108 Å². The summed E-state index contributed by atoms with van der Waals surface area (Å²) in [5.41, 5.74) is 2.28. The summed E-state index contributed by atoms with van der Waals surface area (Å²) in [4.78, 5) is 27.4. The van der Waals surface area contributed by atoms with Gasteiger partial charge in [0.2, 0.25) is 5.89 Å². The van der Waals surface area contributed by atoms with E-state index in [0.29, 0.717) is 28.4 Å². The molecule has 3 aromatic carbocycles. The van der Waals surface area contributed by atoms with Crippen molar-refractivity contribution in [1.82, 2.24) is 4.98 Å². The lowest BCUT2D eigenvalue weighted by molar-refractivity contribution is -0.385. The van der Waals surface area contributed by atoms with E-state index in [0.717, 1.165) is 5.56 Å². The summed E-state index contributed by atoms with van der Waals surface area (Å²) in [7, 11) is 1.58. The van der Waals surface area contributed by atoms with Gasteiger partial charge in [-0.1, -0.05) is 12.1 Å². The summed E-state index contributed by atoms with van der Waals surface area (Å²) < 4.78 is 10.9. The number of carbonyl (C=O) groups excluding carboxylic acids is 1. The van der Waals surface area contributed by atoms with Crippen LogP contribution in [-0.4, -0.2) is 22.9 Å². The average molecular weight is 389 g/mol. The van der Waals surface area contributed by atoms with Crippen LogP contribution in [0.2, 0.25) is 0 Å². The zero-order valence-electron chi connectivity index (χ0n) is 15.3. The molecule has 0 fully saturated rings. The molecule has 1 N–H and O–H groups in total. The molecule has 8 nitrogen and oxygen atoms in total. The number of aromatic nitrogens is 1. The molecule has 0 aliphatic heterocycles. The minimum atomic E-state index is -0.583.